The lowest BCUT2D eigenvalue weighted by molar-refractivity contribution is -0.120. The van der Waals surface area contributed by atoms with Gasteiger partial charge in [-0.05, 0) is 19.5 Å². The third-order valence-corrected chi connectivity index (χ3v) is 3.96. The molecule has 1 amide bonds. The van der Waals surface area contributed by atoms with Gasteiger partial charge in [0.2, 0.25) is 5.91 Å². The maximum Gasteiger partial charge on any atom is 0.226 e. The summed E-state index contributed by atoms with van der Waals surface area (Å²) in [4.78, 5) is 18.3. The molecule has 0 fully saturated rings. The van der Waals surface area contributed by atoms with Crippen LogP contribution in [0.15, 0.2) is 5.38 Å². The number of aromatic nitrogens is 1. The lowest BCUT2D eigenvalue weighted by Gasteiger charge is -2.19. The fourth-order valence-corrected chi connectivity index (χ4v) is 2.81. The summed E-state index contributed by atoms with van der Waals surface area (Å²) >= 11 is 7.17. The van der Waals surface area contributed by atoms with Crippen molar-refractivity contribution >= 4 is 28.8 Å². The summed E-state index contributed by atoms with van der Waals surface area (Å²) in [5.74, 6) is 0.434. The fourth-order valence-electron chi connectivity index (χ4n) is 1.79. The van der Waals surface area contributed by atoms with Gasteiger partial charge in [-0.25, -0.2) is 4.98 Å². The predicted octanol–water partition coefficient (Wildman–Crippen LogP) is 2.27. The highest BCUT2D eigenvalue weighted by Crippen LogP contribution is 2.11. The Morgan fingerprint density at radius 1 is 1.47 bits per heavy atom. The van der Waals surface area contributed by atoms with E-state index in [1.165, 1.54) is 11.3 Å². The summed E-state index contributed by atoms with van der Waals surface area (Å²) in [6, 6.07) is 0. The highest BCUT2D eigenvalue weighted by molar-refractivity contribution is 7.09. The third-order valence-electron chi connectivity index (χ3n) is 2.79. The largest absolute Gasteiger partial charge is 0.354 e. The molecule has 0 unspecified atom stereocenters. The zero-order valence-electron chi connectivity index (χ0n) is 11.6. The molecule has 1 aromatic rings. The molecule has 108 valence electrons. The first-order valence-corrected chi connectivity index (χ1v) is 8.09. The summed E-state index contributed by atoms with van der Waals surface area (Å²) in [7, 11) is 0. The number of carbonyl (C=O) groups is 1. The Hall–Kier alpha value is -0.650. The van der Waals surface area contributed by atoms with Crippen molar-refractivity contribution in [2.24, 2.45) is 0 Å². The Bertz CT molecular complexity index is 384. The van der Waals surface area contributed by atoms with E-state index in [0.29, 0.717) is 18.8 Å². The van der Waals surface area contributed by atoms with Crippen LogP contribution in [-0.4, -0.2) is 42.0 Å². The first-order valence-electron chi connectivity index (χ1n) is 6.67. The van der Waals surface area contributed by atoms with E-state index < -0.39 is 0 Å². The number of hydrogen-bond acceptors (Lipinski definition) is 4. The quantitative estimate of drug-likeness (QED) is 0.712. The van der Waals surface area contributed by atoms with Gasteiger partial charge in [-0.3, -0.25) is 4.79 Å². The van der Waals surface area contributed by atoms with Crippen molar-refractivity contribution in [3.63, 3.8) is 0 Å². The number of nitrogens with one attached hydrogen (secondary N) is 1. The molecule has 6 heteroatoms. The Labute approximate surface area is 124 Å². The molecule has 0 aliphatic carbocycles. The number of carbonyl (C=O) groups excluding carboxylic acids is 1. The van der Waals surface area contributed by atoms with Gasteiger partial charge in [0.15, 0.2) is 0 Å². The monoisotopic (exact) mass is 303 g/mol. The van der Waals surface area contributed by atoms with Crippen LogP contribution in [0.5, 0.6) is 0 Å². The molecule has 0 aromatic carbocycles. The Morgan fingerprint density at radius 2 is 2.26 bits per heavy atom. The second-order valence-electron chi connectivity index (χ2n) is 4.33. The van der Waals surface area contributed by atoms with Gasteiger partial charge in [-0.2, -0.15) is 0 Å². The molecule has 1 heterocycles. The van der Waals surface area contributed by atoms with Crippen LogP contribution in [0.2, 0.25) is 0 Å². The number of likely N-dealkylation sites (N-methyl/N-ethyl adjacent to an activating group) is 1. The van der Waals surface area contributed by atoms with Crippen LogP contribution >= 0.6 is 22.9 Å². The average Bonchev–Trinajstić information content (AvgIpc) is 2.85. The van der Waals surface area contributed by atoms with Crippen LogP contribution in [0.3, 0.4) is 0 Å². The van der Waals surface area contributed by atoms with Crippen molar-refractivity contribution < 1.29 is 4.79 Å². The van der Waals surface area contributed by atoms with E-state index in [-0.39, 0.29) is 5.91 Å². The zero-order valence-corrected chi connectivity index (χ0v) is 13.2. The molecule has 0 aliphatic heterocycles. The minimum absolute atomic E-state index is 0.0306. The van der Waals surface area contributed by atoms with E-state index >= 15 is 0 Å². The van der Waals surface area contributed by atoms with Crippen LogP contribution in [0.1, 0.15) is 31.0 Å². The molecule has 0 radical (unpaired) electrons. The Kier molecular flexibility index (Phi) is 8.02. The summed E-state index contributed by atoms with van der Waals surface area (Å²) < 4.78 is 0. The molecule has 0 saturated carbocycles. The van der Waals surface area contributed by atoms with Gasteiger partial charge in [0, 0.05) is 18.5 Å². The molecule has 4 nitrogen and oxygen atoms in total. The van der Waals surface area contributed by atoms with Crippen molar-refractivity contribution in [1.29, 1.82) is 0 Å². The van der Waals surface area contributed by atoms with Crippen LogP contribution in [-0.2, 0) is 17.1 Å². The average molecular weight is 304 g/mol. The number of rotatable bonds is 9. The van der Waals surface area contributed by atoms with Crippen LogP contribution in [0, 0.1) is 0 Å². The minimum atomic E-state index is 0.0306. The van der Waals surface area contributed by atoms with Gasteiger partial charge in [0.1, 0.15) is 5.01 Å². The van der Waals surface area contributed by atoms with Gasteiger partial charge < -0.3 is 10.2 Å². The Morgan fingerprint density at radius 3 is 2.84 bits per heavy atom. The lowest BCUT2D eigenvalue weighted by atomic mass is 10.3. The fraction of sp³-hybridized carbons (Fsp3) is 0.692. The first kappa shape index (κ1) is 16.4. The van der Waals surface area contributed by atoms with E-state index in [0.717, 1.165) is 36.8 Å². The molecule has 0 bridgehead atoms. The van der Waals surface area contributed by atoms with E-state index in [1.807, 2.05) is 5.38 Å². The van der Waals surface area contributed by atoms with Gasteiger partial charge in [0.05, 0.1) is 18.0 Å². The SMILES string of the molecule is CCCN(CC)CCNC(=O)Cc1nc(CCl)cs1. The molecule has 1 aromatic heterocycles. The van der Waals surface area contributed by atoms with Crippen molar-refractivity contribution in [2.45, 2.75) is 32.6 Å². The second-order valence-corrected chi connectivity index (χ2v) is 5.54. The highest BCUT2D eigenvalue weighted by Gasteiger charge is 2.08. The summed E-state index contributed by atoms with van der Waals surface area (Å²) in [5.41, 5.74) is 0.842. The normalized spacial score (nSPS) is 10.9. The van der Waals surface area contributed by atoms with Crippen LogP contribution < -0.4 is 5.32 Å². The number of alkyl halides is 1. The molecule has 0 spiro atoms. The van der Waals surface area contributed by atoms with Crippen molar-refractivity contribution in [1.82, 2.24) is 15.2 Å². The van der Waals surface area contributed by atoms with Crippen molar-refractivity contribution in [3.8, 4) is 0 Å². The highest BCUT2D eigenvalue weighted by atomic mass is 35.5. The molecule has 19 heavy (non-hydrogen) atoms. The van der Waals surface area contributed by atoms with E-state index in [4.69, 9.17) is 11.6 Å². The molecule has 0 aliphatic rings. The molecular formula is C13H22ClN3OS. The maximum absolute atomic E-state index is 11.7. The Balaban J connectivity index is 2.24. The third kappa shape index (κ3) is 6.36. The maximum atomic E-state index is 11.7. The standard InChI is InChI=1S/C13H22ClN3OS/c1-3-6-17(4-2)7-5-15-12(18)8-13-16-11(9-14)10-19-13/h10H,3-9H2,1-2H3,(H,15,18). The first-order chi connectivity index (χ1) is 9.19. The summed E-state index contributed by atoms with van der Waals surface area (Å²) in [6.45, 7) is 8.01. The topological polar surface area (TPSA) is 45.2 Å². The predicted molar refractivity (Wildman–Crippen MR) is 80.8 cm³/mol. The van der Waals surface area contributed by atoms with E-state index in [1.54, 1.807) is 0 Å². The minimum Gasteiger partial charge on any atom is -0.354 e. The number of amides is 1. The molecular weight excluding hydrogens is 282 g/mol. The zero-order chi connectivity index (χ0) is 14.1. The number of thiazole rings is 1. The van der Waals surface area contributed by atoms with Crippen molar-refractivity contribution in [2.75, 3.05) is 26.2 Å². The summed E-state index contributed by atoms with van der Waals surface area (Å²) in [6.07, 6.45) is 1.49. The smallest absolute Gasteiger partial charge is 0.226 e. The molecule has 0 atom stereocenters. The molecule has 1 rings (SSSR count). The van der Waals surface area contributed by atoms with Gasteiger partial charge in [-0.1, -0.05) is 13.8 Å². The molecule has 1 N–H and O–H groups in total. The van der Waals surface area contributed by atoms with Crippen LogP contribution in [0.25, 0.3) is 0 Å². The van der Waals surface area contributed by atoms with Gasteiger partial charge in [-0.15, -0.1) is 22.9 Å². The second kappa shape index (κ2) is 9.28. The number of nitrogens with zero attached hydrogens (tertiary/aromatic N) is 2. The van der Waals surface area contributed by atoms with E-state index in [2.05, 4.69) is 29.0 Å². The summed E-state index contributed by atoms with van der Waals surface area (Å²) in [5, 5.41) is 5.66. The van der Waals surface area contributed by atoms with E-state index in [9.17, 15) is 4.79 Å². The number of hydrogen-bond donors (Lipinski definition) is 1. The molecule has 0 saturated heterocycles. The van der Waals surface area contributed by atoms with Crippen molar-refractivity contribution in [3.05, 3.63) is 16.1 Å². The van der Waals surface area contributed by atoms with Crippen LogP contribution in [0.4, 0.5) is 0 Å². The number of halogens is 1. The van der Waals surface area contributed by atoms with Gasteiger partial charge >= 0.3 is 0 Å². The van der Waals surface area contributed by atoms with Gasteiger partial charge in [0.25, 0.3) is 0 Å². The lowest BCUT2D eigenvalue weighted by Crippen LogP contribution is -2.35.